The molecule has 138 valence electrons. The van der Waals surface area contributed by atoms with E-state index in [1.54, 1.807) is 13.0 Å². The first kappa shape index (κ1) is 18.4. The largest absolute Gasteiger partial charge is 0.319 e. The Morgan fingerprint density at radius 2 is 2.12 bits per heavy atom. The Hall–Kier alpha value is -2.42. The smallest absolute Gasteiger partial charge is 0.293 e. The van der Waals surface area contributed by atoms with Gasteiger partial charge in [-0.2, -0.15) is 0 Å². The first-order valence-electron chi connectivity index (χ1n) is 8.52. The van der Waals surface area contributed by atoms with Gasteiger partial charge in [0.15, 0.2) is 5.16 Å². The van der Waals surface area contributed by atoms with Crippen molar-refractivity contribution in [1.29, 1.82) is 0 Å². The molecule has 2 aromatic rings. The molecule has 9 heteroatoms. The lowest BCUT2D eigenvalue weighted by Gasteiger charge is -2.11. The Bertz CT molecular complexity index is 860. The fraction of sp³-hybridized carbons (Fsp3) is 0.471. The number of hydrogen-bond acceptors (Lipinski definition) is 6. The van der Waals surface area contributed by atoms with Gasteiger partial charge in [-0.1, -0.05) is 17.8 Å². The highest BCUT2D eigenvalue weighted by molar-refractivity contribution is 7.99. The lowest BCUT2D eigenvalue weighted by Crippen LogP contribution is -2.17. The summed E-state index contributed by atoms with van der Waals surface area (Å²) in [7, 11) is 0. The lowest BCUT2D eigenvalue weighted by molar-refractivity contribution is -0.384. The van der Waals surface area contributed by atoms with Crippen LogP contribution >= 0.6 is 11.8 Å². The molecule has 1 aromatic heterocycles. The average Bonchev–Trinajstić information content (AvgIpc) is 3.36. The molecule has 1 N–H and O–H groups in total. The summed E-state index contributed by atoms with van der Waals surface area (Å²) in [4.78, 5) is 23.1. The fourth-order valence-electron chi connectivity index (χ4n) is 2.76. The van der Waals surface area contributed by atoms with E-state index in [9.17, 15) is 14.9 Å². The maximum atomic E-state index is 12.4. The lowest BCUT2D eigenvalue weighted by atomic mass is 10.1. The number of rotatable bonds is 7. The van der Waals surface area contributed by atoms with Crippen LogP contribution in [0.1, 0.15) is 42.6 Å². The summed E-state index contributed by atoms with van der Waals surface area (Å²) in [6.45, 7) is 6.40. The molecule has 0 unspecified atom stereocenters. The van der Waals surface area contributed by atoms with Crippen molar-refractivity contribution >= 4 is 29.0 Å². The third-order valence-electron chi connectivity index (χ3n) is 4.51. The number of nitrogens with zero attached hydrogens (tertiary/aromatic N) is 4. The van der Waals surface area contributed by atoms with Crippen LogP contribution in [0.25, 0.3) is 0 Å². The highest BCUT2D eigenvalue weighted by Crippen LogP contribution is 2.40. The average molecular weight is 375 g/mol. The summed E-state index contributed by atoms with van der Waals surface area (Å²) in [5.41, 5.74) is 1.75. The number of amides is 1. The van der Waals surface area contributed by atoms with E-state index < -0.39 is 4.92 Å². The van der Waals surface area contributed by atoms with Crippen LogP contribution in [0.15, 0.2) is 17.3 Å². The van der Waals surface area contributed by atoms with E-state index in [1.807, 2.05) is 18.4 Å². The van der Waals surface area contributed by atoms with Gasteiger partial charge in [0, 0.05) is 18.5 Å². The minimum absolute atomic E-state index is 0.0980. The van der Waals surface area contributed by atoms with Crippen LogP contribution in [0, 0.1) is 24.0 Å². The molecule has 1 aliphatic rings. The van der Waals surface area contributed by atoms with E-state index in [-0.39, 0.29) is 23.0 Å². The number of thioether (sulfide) groups is 1. The molecule has 1 fully saturated rings. The second-order valence-corrected chi connectivity index (χ2v) is 7.30. The van der Waals surface area contributed by atoms with Crippen molar-refractivity contribution < 1.29 is 9.72 Å². The zero-order chi connectivity index (χ0) is 18.8. The van der Waals surface area contributed by atoms with Crippen molar-refractivity contribution in [2.45, 2.75) is 51.2 Å². The summed E-state index contributed by atoms with van der Waals surface area (Å²) in [6, 6.07) is 3.10. The Morgan fingerprint density at radius 3 is 2.73 bits per heavy atom. The normalized spacial score (nSPS) is 13.7. The van der Waals surface area contributed by atoms with Crippen LogP contribution in [-0.4, -0.2) is 31.3 Å². The van der Waals surface area contributed by atoms with Gasteiger partial charge in [0.2, 0.25) is 5.91 Å². The highest BCUT2D eigenvalue weighted by Gasteiger charge is 2.30. The van der Waals surface area contributed by atoms with Crippen molar-refractivity contribution in [1.82, 2.24) is 14.8 Å². The molecule has 26 heavy (non-hydrogen) atoms. The van der Waals surface area contributed by atoms with Crippen LogP contribution in [0.5, 0.6) is 0 Å². The summed E-state index contributed by atoms with van der Waals surface area (Å²) in [5, 5.41) is 23.1. The third kappa shape index (κ3) is 3.72. The van der Waals surface area contributed by atoms with E-state index >= 15 is 0 Å². The maximum absolute atomic E-state index is 12.4. The first-order chi connectivity index (χ1) is 12.4. The van der Waals surface area contributed by atoms with Crippen LogP contribution < -0.4 is 5.32 Å². The first-order valence-corrected chi connectivity index (χ1v) is 9.51. The Balaban J connectivity index is 1.71. The zero-order valence-corrected chi connectivity index (χ0v) is 15.8. The quantitative estimate of drug-likeness (QED) is 0.452. The second kappa shape index (κ2) is 7.45. The van der Waals surface area contributed by atoms with Gasteiger partial charge < -0.3 is 9.88 Å². The standard InChI is InChI=1S/C17H21N5O3S/c1-4-21-16(12-6-7-12)19-20-17(21)26-9-14(23)18-15-11(3)10(2)5-8-13(15)22(24)25/h5,8,12H,4,6-7,9H2,1-3H3,(H,18,23). The number of anilines is 1. The Morgan fingerprint density at radius 1 is 1.38 bits per heavy atom. The number of benzene rings is 1. The molecule has 0 saturated heterocycles. The molecule has 0 atom stereocenters. The van der Waals surface area contributed by atoms with Gasteiger partial charge in [0.1, 0.15) is 11.5 Å². The molecule has 1 aromatic carbocycles. The van der Waals surface area contributed by atoms with Gasteiger partial charge in [-0.3, -0.25) is 14.9 Å². The van der Waals surface area contributed by atoms with E-state index in [2.05, 4.69) is 15.5 Å². The van der Waals surface area contributed by atoms with Crippen molar-refractivity contribution in [2.75, 3.05) is 11.1 Å². The van der Waals surface area contributed by atoms with E-state index in [0.717, 1.165) is 30.8 Å². The Kier molecular flexibility index (Phi) is 5.26. The fourth-order valence-corrected chi connectivity index (χ4v) is 3.57. The molecular weight excluding hydrogens is 354 g/mol. The molecule has 0 aliphatic heterocycles. The minimum Gasteiger partial charge on any atom is -0.319 e. The van der Waals surface area contributed by atoms with Gasteiger partial charge in [-0.05, 0) is 44.7 Å². The van der Waals surface area contributed by atoms with Gasteiger partial charge in [-0.15, -0.1) is 10.2 Å². The van der Waals surface area contributed by atoms with Gasteiger partial charge >= 0.3 is 0 Å². The molecular formula is C17H21N5O3S. The number of carbonyl (C=O) groups is 1. The molecule has 1 saturated carbocycles. The number of aryl methyl sites for hydroxylation is 1. The molecule has 1 heterocycles. The van der Waals surface area contributed by atoms with Gasteiger partial charge in [0.25, 0.3) is 5.69 Å². The molecule has 0 spiro atoms. The number of hydrogen-bond donors (Lipinski definition) is 1. The molecule has 0 bridgehead atoms. The van der Waals surface area contributed by atoms with Crippen LogP contribution in [-0.2, 0) is 11.3 Å². The molecule has 8 nitrogen and oxygen atoms in total. The number of nitro benzene ring substituents is 1. The summed E-state index contributed by atoms with van der Waals surface area (Å²) in [6.07, 6.45) is 2.28. The molecule has 0 radical (unpaired) electrons. The van der Waals surface area contributed by atoms with E-state index in [0.29, 0.717) is 16.6 Å². The number of carbonyl (C=O) groups excluding carboxylic acids is 1. The Labute approximate surface area is 155 Å². The molecule has 1 aliphatic carbocycles. The van der Waals surface area contributed by atoms with Crippen molar-refractivity contribution in [3.05, 3.63) is 39.2 Å². The molecule has 3 rings (SSSR count). The zero-order valence-electron chi connectivity index (χ0n) is 15.0. The van der Waals surface area contributed by atoms with Crippen LogP contribution in [0.2, 0.25) is 0 Å². The second-order valence-electron chi connectivity index (χ2n) is 6.35. The van der Waals surface area contributed by atoms with E-state index in [4.69, 9.17) is 0 Å². The van der Waals surface area contributed by atoms with Crippen LogP contribution in [0.4, 0.5) is 11.4 Å². The summed E-state index contributed by atoms with van der Waals surface area (Å²) in [5.74, 6) is 1.29. The number of nitrogens with one attached hydrogen (secondary N) is 1. The SMILES string of the molecule is CCn1c(SCC(=O)Nc2c([N+](=O)[O-])ccc(C)c2C)nnc1C1CC1. The van der Waals surface area contributed by atoms with Crippen molar-refractivity contribution in [3.8, 4) is 0 Å². The van der Waals surface area contributed by atoms with Crippen molar-refractivity contribution in [2.24, 2.45) is 0 Å². The highest BCUT2D eigenvalue weighted by atomic mass is 32.2. The maximum Gasteiger partial charge on any atom is 0.293 e. The number of aromatic nitrogens is 3. The van der Waals surface area contributed by atoms with Crippen molar-refractivity contribution in [3.63, 3.8) is 0 Å². The number of nitro groups is 1. The topological polar surface area (TPSA) is 103 Å². The predicted molar refractivity (Wildman–Crippen MR) is 99.6 cm³/mol. The predicted octanol–water partition coefficient (Wildman–Crippen LogP) is 3.43. The molecule has 1 amide bonds. The third-order valence-corrected chi connectivity index (χ3v) is 5.48. The van der Waals surface area contributed by atoms with Crippen LogP contribution in [0.3, 0.4) is 0 Å². The van der Waals surface area contributed by atoms with E-state index in [1.165, 1.54) is 17.8 Å². The summed E-state index contributed by atoms with van der Waals surface area (Å²) >= 11 is 1.30. The minimum atomic E-state index is -0.481. The van der Waals surface area contributed by atoms with Gasteiger partial charge in [-0.25, -0.2) is 0 Å². The van der Waals surface area contributed by atoms with Gasteiger partial charge in [0.05, 0.1) is 10.7 Å². The monoisotopic (exact) mass is 375 g/mol. The summed E-state index contributed by atoms with van der Waals surface area (Å²) < 4.78 is 2.04.